The summed E-state index contributed by atoms with van der Waals surface area (Å²) in [5.74, 6) is 2.29. The van der Waals surface area contributed by atoms with Gasteiger partial charge in [-0.25, -0.2) is 0 Å². The Labute approximate surface area is 203 Å². The van der Waals surface area contributed by atoms with Crippen LogP contribution in [0.25, 0.3) is 0 Å². The fraction of sp³-hybridized carbons (Fsp3) is 0.536. The predicted octanol–water partition coefficient (Wildman–Crippen LogP) is 5.01. The zero-order valence-corrected chi connectivity index (χ0v) is 21.1. The molecular weight excluding hydrogens is 428 g/mol. The van der Waals surface area contributed by atoms with Crippen LogP contribution in [0.3, 0.4) is 0 Å². The maximum atomic E-state index is 13.3. The summed E-state index contributed by atoms with van der Waals surface area (Å²) in [4.78, 5) is 15.3. The first kappa shape index (κ1) is 24.4. The lowest BCUT2D eigenvalue weighted by Gasteiger charge is -2.43. The minimum absolute atomic E-state index is 0.0233. The van der Waals surface area contributed by atoms with Gasteiger partial charge in [-0.1, -0.05) is 32.1 Å². The molecule has 1 aromatic carbocycles. The predicted molar refractivity (Wildman–Crippen MR) is 134 cm³/mol. The third-order valence-electron chi connectivity index (χ3n) is 6.72. The van der Waals surface area contributed by atoms with Crippen LogP contribution in [0.1, 0.15) is 63.7 Å². The van der Waals surface area contributed by atoms with E-state index in [1.165, 1.54) is 5.57 Å². The number of hydrogen-bond donors (Lipinski definition) is 1. The molecule has 2 heterocycles. The number of carbonyl (C=O) groups excluding carboxylic acids is 1. The van der Waals surface area contributed by atoms with Crippen molar-refractivity contribution in [2.24, 2.45) is 0 Å². The van der Waals surface area contributed by atoms with Gasteiger partial charge in [0.2, 0.25) is 0 Å². The summed E-state index contributed by atoms with van der Waals surface area (Å²) in [6, 6.07) is 6.10. The Bertz CT molecular complexity index is 984. The maximum absolute atomic E-state index is 13.3. The van der Waals surface area contributed by atoms with Crippen molar-refractivity contribution in [1.29, 1.82) is 0 Å². The number of fused-ring (bicyclic) bond motifs is 2. The molecule has 1 aromatic rings. The van der Waals surface area contributed by atoms with Crippen LogP contribution in [0.4, 0.5) is 0 Å². The number of nitrogens with zero attached hydrogens (tertiary/aromatic N) is 1. The highest BCUT2D eigenvalue weighted by Crippen LogP contribution is 2.41. The Morgan fingerprint density at radius 3 is 2.53 bits per heavy atom. The third kappa shape index (κ3) is 5.49. The Kier molecular flexibility index (Phi) is 7.36. The summed E-state index contributed by atoms with van der Waals surface area (Å²) in [6.07, 6.45) is 11.9. The number of hydrogen-bond acceptors (Lipinski definition) is 5. The lowest BCUT2D eigenvalue weighted by atomic mass is 9.83. The first-order valence-electron chi connectivity index (χ1n) is 12.4. The first-order chi connectivity index (χ1) is 16.3. The van der Waals surface area contributed by atoms with Crippen LogP contribution in [-0.2, 0) is 4.74 Å². The molecule has 1 atom stereocenters. The van der Waals surface area contributed by atoms with Crippen LogP contribution in [0.2, 0.25) is 0 Å². The number of benzene rings is 1. The van der Waals surface area contributed by atoms with Gasteiger partial charge in [-0.3, -0.25) is 4.79 Å². The molecular formula is C28H38N2O4. The van der Waals surface area contributed by atoms with Gasteiger partial charge in [0, 0.05) is 56.4 Å². The van der Waals surface area contributed by atoms with Crippen molar-refractivity contribution in [3.05, 3.63) is 59.4 Å². The molecule has 2 bridgehead atoms. The summed E-state index contributed by atoms with van der Waals surface area (Å²) in [7, 11) is 1.60. The van der Waals surface area contributed by atoms with Crippen molar-refractivity contribution in [3.8, 4) is 11.5 Å². The Morgan fingerprint density at radius 2 is 1.85 bits per heavy atom. The van der Waals surface area contributed by atoms with Crippen LogP contribution in [0.5, 0.6) is 11.5 Å². The summed E-state index contributed by atoms with van der Waals surface area (Å²) in [5, 5.41) is 3.75. The second-order valence-corrected chi connectivity index (χ2v) is 10.1. The van der Waals surface area contributed by atoms with Gasteiger partial charge in [0.05, 0.1) is 13.2 Å². The number of likely N-dealkylation sites (tertiary alicyclic amines) is 1. The second-order valence-electron chi connectivity index (χ2n) is 10.1. The molecule has 2 saturated heterocycles. The van der Waals surface area contributed by atoms with Crippen molar-refractivity contribution in [2.75, 3.05) is 20.2 Å². The third-order valence-corrected chi connectivity index (χ3v) is 6.72. The van der Waals surface area contributed by atoms with Gasteiger partial charge in [0.25, 0.3) is 5.91 Å². The molecule has 0 saturated carbocycles. The first-order valence-corrected chi connectivity index (χ1v) is 12.4. The molecule has 1 aliphatic carbocycles. The smallest absolute Gasteiger partial charge is 0.253 e. The molecule has 1 amide bonds. The summed E-state index contributed by atoms with van der Waals surface area (Å²) in [6.45, 7) is 9.66. The average Bonchev–Trinajstić information content (AvgIpc) is 3.10. The fourth-order valence-corrected chi connectivity index (χ4v) is 5.12. The van der Waals surface area contributed by atoms with Gasteiger partial charge in [0.15, 0.2) is 11.5 Å². The van der Waals surface area contributed by atoms with E-state index in [0.717, 1.165) is 31.4 Å². The quantitative estimate of drug-likeness (QED) is 0.638. The minimum atomic E-state index is -0.261. The van der Waals surface area contributed by atoms with Gasteiger partial charge >= 0.3 is 0 Å². The minimum Gasteiger partial charge on any atom is -0.493 e. The molecule has 1 spiro atoms. The molecule has 0 aromatic heterocycles. The highest BCUT2D eigenvalue weighted by atomic mass is 16.5. The van der Waals surface area contributed by atoms with Crippen molar-refractivity contribution in [1.82, 2.24) is 10.2 Å². The van der Waals surface area contributed by atoms with E-state index in [4.69, 9.17) is 14.2 Å². The van der Waals surface area contributed by atoms with E-state index in [1.54, 1.807) is 13.2 Å². The van der Waals surface area contributed by atoms with Crippen LogP contribution in [0, 0.1) is 0 Å². The fourth-order valence-electron chi connectivity index (χ4n) is 5.12. The number of carbonyl (C=O) groups is 1. The normalized spacial score (nSPS) is 21.5. The molecule has 1 N–H and O–H groups in total. The van der Waals surface area contributed by atoms with Gasteiger partial charge in [-0.2, -0.15) is 0 Å². The molecule has 3 aliphatic rings. The zero-order valence-electron chi connectivity index (χ0n) is 21.1. The second kappa shape index (κ2) is 10.3. The molecule has 34 heavy (non-hydrogen) atoms. The highest BCUT2D eigenvalue weighted by molar-refractivity contribution is 5.95. The molecule has 6 heteroatoms. The number of allylic oxidation sites excluding steroid dienone is 5. The number of rotatable bonds is 6. The van der Waals surface area contributed by atoms with Gasteiger partial charge in [-0.05, 0) is 43.7 Å². The van der Waals surface area contributed by atoms with Crippen molar-refractivity contribution < 1.29 is 19.0 Å². The maximum Gasteiger partial charge on any atom is 0.253 e. The highest BCUT2D eigenvalue weighted by Gasteiger charge is 2.43. The average molecular weight is 467 g/mol. The molecule has 0 radical (unpaired) electrons. The van der Waals surface area contributed by atoms with E-state index >= 15 is 0 Å². The van der Waals surface area contributed by atoms with E-state index in [1.807, 2.05) is 30.9 Å². The molecule has 6 nitrogen and oxygen atoms in total. The van der Waals surface area contributed by atoms with Crippen molar-refractivity contribution in [2.45, 2.75) is 77.2 Å². The largest absolute Gasteiger partial charge is 0.493 e. The van der Waals surface area contributed by atoms with Gasteiger partial charge in [-0.15, -0.1) is 0 Å². The molecule has 2 aliphatic heterocycles. The standard InChI is InChI=1S/C28H38N2O4/c1-19(2)29-24-18-28(34-23-9-7-6-8-21(24)16-23)12-14-30(15-13-28)27(31)22-10-11-25(33-20(3)4)26(17-22)32-5/h6-11,17,19-20,24,29H,12-16,18H2,1-5H3. The van der Waals surface area contributed by atoms with E-state index in [9.17, 15) is 4.79 Å². The Balaban J connectivity index is 1.48. The Hall–Kier alpha value is -2.73. The molecule has 1 unspecified atom stereocenters. The monoisotopic (exact) mass is 466 g/mol. The number of piperidine rings is 1. The summed E-state index contributed by atoms with van der Waals surface area (Å²) in [5.41, 5.74) is 1.73. The molecule has 184 valence electrons. The lowest BCUT2D eigenvalue weighted by Crippen LogP contribution is -2.50. The van der Waals surface area contributed by atoms with E-state index < -0.39 is 0 Å². The number of nitrogens with one attached hydrogen (secondary N) is 1. The SMILES string of the molecule is COc1cc(C(=O)N2CCC3(CC2)CC(NC(C)C)C2=CC=CC=C(C2)O3)ccc1OC(C)C. The summed E-state index contributed by atoms with van der Waals surface area (Å²) < 4.78 is 18.0. The molecule has 2 fully saturated rings. The summed E-state index contributed by atoms with van der Waals surface area (Å²) >= 11 is 0. The van der Waals surface area contributed by atoms with Crippen LogP contribution < -0.4 is 14.8 Å². The number of ether oxygens (including phenoxy) is 3. The van der Waals surface area contributed by atoms with E-state index in [2.05, 4.69) is 43.5 Å². The molecule has 4 rings (SSSR count). The zero-order chi connectivity index (χ0) is 24.3. The van der Waals surface area contributed by atoms with E-state index in [-0.39, 0.29) is 23.7 Å². The number of amides is 1. The van der Waals surface area contributed by atoms with Crippen molar-refractivity contribution >= 4 is 5.91 Å². The van der Waals surface area contributed by atoms with Crippen LogP contribution in [-0.4, -0.2) is 54.8 Å². The number of methoxy groups -OCH3 is 1. The Morgan fingerprint density at radius 1 is 1.12 bits per heavy atom. The van der Waals surface area contributed by atoms with Crippen molar-refractivity contribution in [3.63, 3.8) is 0 Å². The van der Waals surface area contributed by atoms with Gasteiger partial charge in [0.1, 0.15) is 11.4 Å². The van der Waals surface area contributed by atoms with Crippen LogP contribution >= 0.6 is 0 Å². The van der Waals surface area contributed by atoms with E-state index in [0.29, 0.717) is 36.2 Å². The van der Waals surface area contributed by atoms with Gasteiger partial charge < -0.3 is 24.4 Å². The van der Waals surface area contributed by atoms with Crippen LogP contribution in [0.15, 0.2) is 53.8 Å². The lowest BCUT2D eigenvalue weighted by molar-refractivity contribution is -0.0483. The topological polar surface area (TPSA) is 60.0 Å².